The lowest BCUT2D eigenvalue weighted by Crippen LogP contribution is -2.16. The molecule has 1 aromatic heterocycles. The van der Waals surface area contributed by atoms with Crippen LogP contribution in [0.3, 0.4) is 0 Å². The number of aryl methyl sites for hydroxylation is 2. The Labute approximate surface area is 101 Å². The van der Waals surface area contributed by atoms with Crippen molar-refractivity contribution in [1.29, 1.82) is 0 Å². The largest absolute Gasteiger partial charge is 0.311 e. The molecule has 2 nitrogen and oxygen atoms in total. The van der Waals surface area contributed by atoms with E-state index in [0.717, 1.165) is 0 Å². The minimum Gasteiger partial charge on any atom is -0.311 e. The molecule has 0 fully saturated rings. The lowest BCUT2D eigenvalue weighted by Gasteiger charge is -2.12. The van der Waals surface area contributed by atoms with Crippen LogP contribution in [0.25, 0.3) is 0 Å². The summed E-state index contributed by atoms with van der Waals surface area (Å²) in [6, 6.07) is 0.439. The minimum absolute atomic E-state index is 0.439. The van der Waals surface area contributed by atoms with Gasteiger partial charge in [0.1, 0.15) is 5.01 Å². The number of nitrogens with one attached hydrogen (secondary N) is 1. The highest BCUT2D eigenvalue weighted by Gasteiger charge is 2.13. The summed E-state index contributed by atoms with van der Waals surface area (Å²) in [6.45, 7) is 4.23. The van der Waals surface area contributed by atoms with Crippen LogP contribution in [-0.2, 0) is 0 Å². The van der Waals surface area contributed by atoms with Crippen LogP contribution in [0.15, 0.2) is 0 Å². The van der Waals surface area contributed by atoms with Crippen LogP contribution < -0.4 is 5.32 Å². The number of hydrogen-bond acceptors (Lipinski definition) is 4. The van der Waals surface area contributed by atoms with Crippen LogP contribution in [0.4, 0.5) is 0 Å². The van der Waals surface area contributed by atoms with Crippen molar-refractivity contribution in [2.75, 3.05) is 19.1 Å². The van der Waals surface area contributed by atoms with Crippen molar-refractivity contribution in [3.8, 4) is 0 Å². The number of nitrogens with zero attached hydrogens (tertiary/aromatic N) is 1. The lowest BCUT2D eigenvalue weighted by molar-refractivity contribution is 0.540. The number of thiazole rings is 1. The zero-order valence-electron chi connectivity index (χ0n) is 9.96. The van der Waals surface area contributed by atoms with Gasteiger partial charge in [0.15, 0.2) is 0 Å². The Bertz CT molecular complexity index is 277. The molecule has 1 rings (SSSR count). The molecule has 0 bridgehead atoms. The molecule has 1 N–H and O–H groups in total. The van der Waals surface area contributed by atoms with Crippen molar-refractivity contribution in [3.05, 3.63) is 15.6 Å². The summed E-state index contributed by atoms with van der Waals surface area (Å²) >= 11 is 3.74. The van der Waals surface area contributed by atoms with E-state index < -0.39 is 0 Å². The first-order chi connectivity index (χ1) is 7.19. The first kappa shape index (κ1) is 13.0. The Morgan fingerprint density at radius 2 is 2.20 bits per heavy atom. The quantitative estimate of drug-likeness (QED) is 0.778. The predicted octanol–water partition coefficient (Wildman–Crippen LogP) is 3.16. The van der Waals surface area contributed by atoms with Crippen molar-refractivity contribution in [1.82, 2.24) is 10.3 Å². The molecule has 86 valence electrons. The third-order valence-electron chi connectivity index (χ3n) is 2.53. The van der Waals surface area contributed by atoms with E-state index in [1.807, 2.05) is 30.1 Å². The van der Waals surface area contributed by atoms with Gasteiger partial charge in [-0.05, 0) is 45.7 Å². The van der Waals surface area contributed by atoms with E-state index in [1.54, 1.807) is 0 Å². The smallest absolute Gasteiger partial charge is 0.110 e. The predicted molar refractivity (Wildman–Crippen MR) is 71.0 cm³/mol. The van der Waals surface area contributed by atoms with Gasteiger partial charge in [-0.1, -0.05) is 0 Å². The van der Waals surface area contributed by atoms with Gasteiger partial charge in [-0.3, -0.25) is 0 Å². The number of aromatic nitrogens is 1. The number of rotatable bonds is 6. The molecule has 4 heteroatoms. The molecular weight excluding hydrogens is 224 g/mol. The lowest BCUT2D eigenvalue weighted by atomic mass is 10.2. The molecule has 0 aliphatic rings. The van der Waals surface area contributed by atoms with Gasteiger partial charge in [-0.15, -0.1) is 11.3 Å². The van der Waals surface area contributed by atoms with Crippen LogP contribution in [-0.4, -0.2) is 24.0 Å². The molecule has 0 saturated carbocycles. The van der Waals surface area contributed by atoms with Gasteiger partial charge in [-0.2, -0.15) is 11.8 Å². The minimum atomic E-state index is 0.439. The maximum absolute atomic E-state index is 4.61. The van der Waals surface area contributed by atoms with Gasteiger partial charge in [-0.25, -0.2) is 4.98 Å². The molecule has 1 atom stereocenters. The molecule has 0 spiro atoms. The van der Waals surface area contributed by atoms with Crippen LogP contribution in [0.5, 0.6) is 0 Å². The highest BCUT2D eigenvalue weighted by molar-refractivity contribution is 7.98. The summed E-state index contributed by atoms with van der Waals surface area (Å²) in [6.07, 6.45) is 4.60. The second kappa shape index (κ2) is 6.51. The zero-order valence-corrected chi connectivity index (χ0v) is 11.6. The Morgan fingerprint density at radius 3 is 2.67 bits per heavy atom. The Hall–Kier alpha value is -0.0600. The standard InChI is InChI=1S/C11H20N2S2/c1-8-9(2)15-11(13-8)10(12-3)6-5-7-14-4/h10,12H,5-7H2,1-4H3. The molecule has 1 heterocycles. The van der Waals surface area contributed by atoms with E-state index >= 15 is 0 Å². The van der Waals surface area contributed by atoms with Crippen molar-refractivity contribution >= 4 is 23.1 Å². The fourth-order valence-corrected chi connectivity index (χ4v) is 2.99. The number of hydrogen-bond donors (Lipinski definition) is 1. The van der Waals surface area contributed by atoms with E-state index in [4.69, 9.17) is 0 Å². The highest BCUT2D eigenvalue weighted by Crippen LogP contribution is 2.25. The van der Waals surface area contributed by atoms with Gasteiger partial charge in [0.25, 0.3) is 0 Å². The van der Waals surface area contributed by atoms with Crippen LogP contribution in [0.2, 0.25) is 0 Å². The number of thioether (sulfide) groups is 1. The van der Waals surface area contributed by atoms with E-state index in [2.05, 4.69) is 30.4 Å². The zero-order chi connectivity index (χ0) is 11.3. The van der Waals surface area contributed by atoms with Gasteiger partial charge in [0.2, 0.25) is 0 Å². The average Bonchev–Trinajstić information content (AvgIpc) is 2.54. The van der Waals surface area contributed by atoms with Gasteiger partial charge in [0.05, 0.1) is 11.7 Å². The molecular formula is C11H20N2S2. The molecule has 15 heavy (non-hydrogen) atoms. The molecule has 0 aliphatic heterocycles. The first-order valence-electron chi connectivity index (χ1n) is 5.29. The van der Waals surface area contributed by atoms with Crippen molar-refractivity contribution in [2.45, 2.75) is 32.7 Å². The maximum Gasteiger partial charge on any atom is 0.110 e. The summed E-state index contributed by atoms with van der Waals surface area (Å²) in [7, 11) is 2.02. The summed E-state index contributed by atoms with van der Waals surface area (Å²) in [5, 5.41) is 4.60. The molecule has 1 unspecified atom stereocenters. The summed E-state index contributed by atoms with van der Waals surface area (Å²) < 4.78 is 0. The van der Waals surface area contributed by atoms with Crippen molar-refractivity contribution in [2.24, 2.45) is 0 Å². The fourth-order valence-electron chi connectivity index (χ4n) is 1.47. The fraction of sp³-hybridized carbons (Fsp3) is 0.727. The van der Waals surface area contributed by atoms with Gasteiger partial charge in [0, 0.05) is 4.88 Å². The maximum atomic E-state index is 4.61. The van der Waals surface area contributed by atoms with Crippen LogP contribution >= 0.6 is 23.1 Å². The third-order valence-corrected chi connectivity index (χ3v) is 4.42. The van der Waals surface area contributed by atoms with Gasteiger partial charge < -0.3 is 5.32 Å². The second-order valence-corrected chi connectivity index (χ2v) is 5.89. The van der Waals surface area contributed by atoms with E-state index in [1.165, 1.54) is 34.2 Å². The van der Waals surface area contributed by atoms with Crippen molar-refractivity contribution < 1.29 is 0 Å². The van der Waals surface area contributed by atoms with Crippen LogP contribution in [0.1, 0.15) is 34.5 Å². The van der Waals surface area contributed by atoms with E-state index in [-0.39, 0.29) is 0 Å². The molecule has 0 aromatic carbocycles. The molecule has 0 radical (unpaired) electrons. The second-order valence-electron chi connectivity index (χ2n) is 3.67. The van der Waals surface area contributed by atoms with E-state index in [0.29, 0.717) is 6.04 Å². The normalized spacial score (nSPS) is 13.1. The topological polar surface area (TPSA) is 24.9 Å². The molecule has 0 saturated heterocycles. The first-order valence-corrected chi connectivity index (χ1v) is 7.50. The third kappa shape index (κ3) is 3.78. The molecule has 1 aromatic rings. The molecule has 0 amide bonds. The highest BCUT2D eigenvalue weighted by atomic mass is 32.2. The Morgan fingerprint density at radius 1 is 1.47 bits per heavy atom. The monoisotopic (exact) mass is 244 g/mol. The average molecular weight is 244 g/mol. The van der Waals surface area contributed by atoms with Crippen LogP contribution in [0, 0.1) is 13.8 Å². The van der Waals surface area contributed by atoms with E-state index in [9.17, 15) is 0 Å². The molecule has 0 aliphatic carbocycles. The summed E-state index contributed by atoms with van der Waals surface area (Å²) in [4.78, 5) is 5.95. The Balaban J connectivity index is 2.57. The Kier molecular flexibility index (Phi) is 5.64. The van der Waals surface area contributed by atoms with Crippen molar-refractivity contribution in [3.63, 3.8) is 0 Å². The van der Waals surface area contributed by atoms with Gasteiger partial charge >= 0.3 is 0 Å². The summed E-state index contributed by atoms with van der Waals surface area (Å²) in [5.41, 5.74) is 1.18. The summed E-state index contributed by atoms with van der Waals surface area (Å²) in [5.74, 6) is 1.24. The SMILES string of the molecule is CNC(CCCSC)c1nc(C)c(C)s1.